The molecule has 0 unspecified atom stereocenters. The summed E-state index contributed by atoms with van der Waals surface area (Å²) in [6, 6.07) is 12.2. The molecule has 82 valence electrons. The van der Waals surface area contributed by atoms with Gasteiger partial charge in [0.05, 0.1) is 0 Å². The molecule has 0 saturated heterocycles. The third-order valence-corrected chi connectivity index (χ3v) is 3.35. The first-order valence-electron chi connectivity index (χ1n) is 5.33. The van der Waals surface area contributed by atoms with E-state index in [9.17, 15) is 4.79 Å². The van der Waals surface area contributed by atoms with Crippen molar-refractivity contribution in [1.29, 1.82) is 0 Å². The van der Waals surface area contributed by atoms with E-state index in [1.54, 1.807) is 11.3 Å². The van der Waals surface area contributed by atoms with E-state index in [4.69, 9.17) is 0 Å². The molecule has 1 aromatic heterocycles. The van der Waals surface area contributed by atoms with Crippen molar-refractivity contribution >= 4 is 17.1 Å². The quantitative estimate of drug-likeness (QED) is 0.786. The van der Waals surface area contributed by atoms with Crippen molar-refractivity contribution in [3.05, 3.63) is 57.8 Å². The Labute approximate surface area is 99.8 Å². The van der Waals surface area contributed by atoms with Crippen LogP contribution in [0.3, 0.4) is 0 Å². The van der Waals surface area contributed by atoms with Crippen LogP contribution in [0.2, 0.25) is 0 Å². The van der Waals surface area contributed by atoms with E-state index in [0.717, 1.165) is 10.4 Å². The van der Waals surface area contributed by atoms with Gasteiger partial charge in [-0.1, -0.05) is 35.9 Å². The lowest BCUT2D eigenvalue weighted by molar-refractivity contribution is -0.117. The first kappa shape index (κ1) is 11.1. The van der Waals surface area contributed by atoms with Crippen LogP contribution < -0.4 is 0 Å². The zero-order valence-electron chi connectivity index (χ0n) is 9.27. The Bertz CT molecular complexity index is 454. The molecule has 1 heterocycles. The predicted octanol–water partition coefficient (Wildman–Crippen LogP) is 3.41. The topological polar surface area (TPSA) is 17.1 Å². The molecule has 2 rings (SSSR count). The summed E-state index contributed by atoms with van der Waals surface area (Å²) in [6.07, 6.45) is 1.10. The Kier molecular flexibility index (Phi) is 3.52. The average Bonchev–Trinajstić information content (AvgIpc) is 2.74. The van der Waals surface area contributed by atoms with Crippen molar-refractivity contribution in [2.24, 2.45) is 0 Å². The van der Waals surface area contributed by atoms with Gasteiger partial charge in [-0.3, -0.25) is 4.79 Å². The number of ketones is 1. The van der Waals surface area contributed by atoms with Gasteiger partial charge in [0, 0.05) is 17.7 Å². The molecule has 1 nitrogen and oxygen atoms in total. The maximum absolute atomic E-state index is 11.8. The van der Waals surface area contributed by atoms with Crippen molar-refractivity contribution in [2.75, 3.05) is 0 Å². The highest BCUT2D eigenvalue weighted by Crippen LogP contribution is 2.11. The molecule has 0 saturated carbocycles. The van der Waals surface area contributed by atoms with Gasteiger partial charge in [-0.2, -0.15) is 0 Å². The van der Waals surface area contributed by atoms with Crippen LogP contribution in [0.1, 0.15) is 16.0 Å². The molecule has 0 aliphatic rings. The minimum Gasteiger partial charge on any atom is -0.299 e. The van der Waals surface area contributed by atoms with E-state index in [2.05, 4.69) is 6.92 Å². The van der Waals surface area contributed by atoms with E-state index >= 15 is 0 Å². The van der Waals surface area contributed by atoms with E-state index in [-0.39, 0.29) is 5.78 Å². The number of hydrogen-bond donors (Lipinski definition) is 0. The zero-order chi connectivity index (χ0) is 11.4. The van der Waals surface area contributed by atoms with Crippen LogP contribution in [0.25, 0.3) is 0 Å². The molecule has 0 fully saturated rings. The molecule has 0 radical (unpaired) electrons. The van der Waals surface area contributed by atoms with Crippen LogP contribution in [-0.4, -0.2) is 5.78 Å². The van der Waals surface area contributed by atoms with Crippen molar-refractivity contribution in [1.82, 2.24) is 0 Å². The maximum Gasteiger partial charge on any atom is 0.142 e. The second kappa shape index (κ2) is 5.08. The Morgan fingerprint density at radius 3 is 2.50 bits per heavy atom. The summed E-state index contributed by atoms with van der Waals surface area (Å²) in [7, 11) is 0. The predicted molar refractivity (Wildman–Crippen MR) is 67.9 cm³/mol. The number of Topliss-reactive ketones (excluding diaryl/α,β-unsaturated/α-hetero) is 1. The van der Waals surface area contributed by atoms with Crippen molar-refractivity contribution in [2.45, 2.75) is 19.8 Å². The molecule has 16 heavy (non-hydrogen) atoms. The summed E-state index contributed by atoms with van der Waals surface area (Å²) in [4.78, 5) is 12.9. The number of carbonyl (C=O) groups is 1. The van der Waals surface area contributed by atoms with E-state index in [1.165, 1.54) is 5.56 Å². The molecule has 2 heteroatoms. The highest BCUT2D eigenvalue weighted by atomic mass is 32.1. The number of carbonyl (C=O) groups excluding carboxylic acids is 1. The van der Waals surface area contributed by atoms with Gasteiger partial charge in [0.25, 0.3) is 0 Å². The molecule has 0 amide bonds. The Morgan fingerprint density at radius 1 is 1.12 bits per heavy atom. The van der Waals surface area contributed by atoms with Crippen LogP contribution in [0.15, 0.2) is 41.8 Å². The lowest BCUT2D eigenvalue weighted by Gasteiger charge is -2.00. The van der Waals surface area contributed by atoms with Crippen LogP contribution in [0.4, 0.5) is 0 Å². The van der Waals surface area contributed by atoms with Crippen molar-refractivity contribution in [3.63, 3.8) is 0 Å². The number of benzene rings is 1. The molecule has 0 atom stereocenters. The molecule has 0 N–H and O–H groups in total. The van der Waals surface area contributed by atoms with E-state index in [1.807, 2.05) is 41.8 Å². The van der Waals surface area contributed by atoms with E-state index < -0.39 is 0 Å². The summed E-state index contributed by atoms with van der Waals surface area (Å²) in [5.41, 5.74) is 2.33. The van der Waals surface area contributed by atoms with E-state index in [0.29, 0.717) is 12.8 Å². The monoisotopic (exact) mass is 230 g/mol. The lowest BCUT2D eigenvalue weighted by atomic mass is 10.1. The standard InChI is InChI=1S/C14H14OS/c1-11-4-6-12(7-5-11)9-13(15)10-14-3-2-8-16-14/h2-8H,9-10H2,1H3. The summed E-state index contributed by atoms with van der Waals surface area (Å²) in [6.45, 7) is 2.05. The van der Waals surface area contributed by atoms with Crippen molar-refractivity contribution < 1.29 is 4.79 Å². The lowest BCUT2D eigenvalue weighted by Crippen LogP contribution is -2.05. The average molecular weight is 230 g/mol. The number of thiophene rings is 1. The Hall–Kier alpha value is -1.41. The minimum atomic E-state index is 0.284. The maximum atomic E-state index is 11.8. The van der Waals surface area contributed by atoms with Gasteiger partial charge in [-0.15, -0.1) is 11.3 Å². The van der Waals surface area contributed by atoms with Gasteiger partial charge < -0.3 is 0 Å². The Morgan fingerprint density at radius 2 is 1.88 bits per heavy atom. The Balaban J connectivity index is 1.95. The first-order valence-corrected chi connectivity index (χ1v) is 6.21. The molecular weight excluding hydrogens is 216 g/mol. The zero-order valence-corrected chi connectivity index (χ0v) is 10.1. The van der Waals surface area contributed by atoms with Crippen LogP contribution in [0.5, 0.6) is 0 Å². The second-order valence-corrected chi connectivity index (χ2v) is 4.99. The van der Waals surface area contributed by atoms with Crippen LogP contribution in [-0.2, 0) is 17.6 Å². The third kappa shape index (κ3) is 3.04. The number of aryl methyl sites for hydroxylation is 1. The number of rotatable bonds is 4. The highest BCUT2D eigenvalue weighted by Gasteiger charge is 2.05. The molecule has 0 aliphatic heterocycles. The summed E-state index contributed by atoms with van der Waals surface area (Å²) < 4.78 is 0. The first-order chi connectivity index (χ1) is 7.74. The molecular formula is C14H14OS. The SMILES string of the molecule is Cc1ccc(CC(=O)Cc2cccs2)cc1. The molecule has 0 spiro atoms. The molecule has 0 aliphatic carbocycles. The third-order valence-electron chi connectivity index (χ3n) is 2.47. The van der Waals surface area contributed by atoms with Crippen LogP contribution in [0, 0.1) is 6.92 Å². The fraction of sp³-hybridized carbons (Fsp3) is 0.214. The van der Waals surface area contributed by atoms with Crippen LogP contribution >= 0.6 is 11.3 Å². The van der Waals surface area contributed by atoms with Gasteiger partial charge in [-0.05, 0) is 23.9 Å². The molecule has 2 aromatic rings. The summed E-state index contributed by atoms with van der Waals surface area (Å²) >= 11 is 1.64. The van der Waals surface area contributed by atoms with Gasteiger partial charge in [0.2, 0.25) is 0 Å². The minimum absolute atomic E-state index is 0.284. The van der Waals surface area contributed by atoms with Gasteiger partial charge in [0.1, 0.15) is 5.78 Å². The fourth-order valence-electron chi connectivity index (χ4n) is 1.60. The molecule has 1 aromatic carbocycles. The normalized spacial score (nSPS) is 10.3. The number of hydrogen-bond acceptors (Lipinski definition) is 2. The highest BCUT2D eigenvalue weighted by molar-refractivity contribution is 7.10. The fourth-order valence-corrected chi connectivity index (χ4v) is 2.34. The van der Waals surface area contributed by atoms with Crippen molar-refractivity contribution in [3.8, 4) is 0 Å². The van der Waals surface area contributed by atoms with Gasteiger partial charge >= 0.3 is 0 Å². The smallest absolute Gasteiger partial charge is 0.142 e. The van der Waals surface area contributed by atoms with Gasteiger partial charge in [-0.25, -0.2) is 0 Å². The van der Waals surface area contributed by atoms with Gasteiger partial charge in [0.15, 0.2) is 0 Å². The summed E-state index contributed by atoms with van der Waals surface area (Å²) in [5, 5.41) is 2.01. The largest absolute Gasteiger partial charge is 0.299 e. The second-order valence-electron chi connectivity index (χ2n) is 3.96. The molecule has 0 bridgehead atoms. The summed E-state index contributed by atoms with van der Waals surface area (Å²) in [5.74, 6) is 0.284.